The molecular weight excluding hydrogens is 368 g/mol. The molecule has 150 valence electrons. The second-order valence-corrected chi connectivity index (χ2v) is 6.97. The standard InChI is InChI=1S/C22H24N4O3/c27-22(15-26-17-23-16-24-26)25-8-9-28-10-11-29-21-7-2-1-6-20(21)13-18-4-3-5-19(12-18)14-25/h1-7,12,16-17H,8-11,13-15H2. The number of para-hydroxylation sites is 1. The molecule has 1 amide bonds. The number of aromatic nitrogens is 3. The maximum atomic E-state index is 12.8. The predicted molar refractivity (Wildman–Crippen MR) is 107 cm³/mol. The zero-order chi connectivity index (χ0) is 19.9. The fourth-order valence-electron chi connectivity index (χ4n) is 3.40. The van der Waals surface area contributed by atoms with Crippen LogP contribution < -0.4 is 4.74 Å². The molecule has 0 unspecified atom stereocenters. The van der Waals surface area contributed by atoms with Crippen LogP contribution in [0.5, 0.6) is 5.75 Å². The van der Waals surface area contributed by atoms with Crippen LogP contribution in [0.2, 0.25) is 0 Å². The predicted octanol–water partition coefficient (Wildman–Crippen LogP) is 2.31. The van der Waals surface area contributed by atoms with E-state index >= 15 is 0 Å². The van der Waals surface area contributed by atoms with Crippen LogP contribution in [0.1, 0.15) is 16.7 Å². The number of hydrogen-bond donors (Lipinski definition) is 0. The van der Waals surface area contributed by atoms with E-state index in [-0.39, 0.29) is 12.5 Å². The summed E-state index contributed by atoms with van der Waals surface area (Å²) in [5, 5.41) is 4.03. The van der Waals surface area contributed by atoms with Gasteiger partial charge in [-0.1, -0.05) is 42.5 Å². The summed E-state index contributed by atoms with van der Waals surface area (Å²) < 4.78 is 13.2. The highest BCUT2D eigenvalue weighted by molar-refractivity contribution is 5.75. The number of amides is 1. The Morgan fingerprint density at radius 2 is 1.93 bits per heavy atom. The van der Waals surface area contributed by atoms with Crippen LogP contribution in [0.3, 0.4) is 0 Å². The lowest BCUT2D eigenvalue weighted by Crippen LogP contribution is -2.36. The molecule has 0 aliphatic carbocycles. The van der Waals surface area contributed by atoms with E-state index in [9.17, 15) is 4.79 Å². The highest BCUT2D eigenvalue weighted by Crippen LogP contribution is 2.22. The molecule has 1 aromatic heterocycles. The summed E-state index contributed by atoms with van der Waals surface area (Å²) in [6, 6.07) is 16.4. The van der Waals surface area contributed by atoms with Crippen molar-refractivity contribution < 1.29 is 14.3 Å². The summed E-state index contributed by atoms with van der Waals surface area (Å²) >= 11 is 0. The first-order valence-corrected chi connectivity index (χ1v) is 9.74. The molecule has 0 fully saturated rings. The summed E-state index contributed by atoms with van der Waals surface area (Å²) in [6.45, 7) is 2.61. The minimum atomic E-state index is -0.0156. The Morgan fingerprint density at radius 3 is 2.83 bits per heavy atom. The summed E-state index contributed by atoms with van der Waals surface area (Å²) in [5.74, 6) is 0.876. The molecule has 2 heterocycles. The van der Waals surface area contributed by atoms with Gasteiger partial charge < -0.3 is 14.4 Å². The van der Waals surface area contributed by atoms with Crippen molar-refractivity contribution in [1.29, 1.82) is 0 Å². The molecule has 0 saturated carbocycles. The Hall–Kier alpha value is -3.19. The quantitative estimate of drug-likeness (QED) is 0.669. The van der Waals surface area contributed by atoms with Gasteiger partial charge in [0.05, 0.1) is 13.2 Å². The van der Waals surface area contributed by atoms with Gasteiger partial charge in [-0.2, -0.15) is 5.10 Å². The van der Waals surface area contributed by atoms with E-state index in [0.717, 1.165) is 23.3 Å². The molecule has 7 nitrogen and oxygen atoms in total. The molecule has 4 rings (SSSR count). The van der Waals surface area contributed by atoms with E-state index in [4.69, 9.17) is 9.47 Å². The summed E-state index contributed by atoms with van der Waals surface area (Å²) in [7, 11) is 0. The Balaban J connectivity index is 1.56. The monoisotopic (exact) mass is 392 g/mol. The Labute approximate surface area is 169 Å². The maximum absolute atomic E-state index is 12.8. The van der Waals surface area contributed by atoms with Gasteiger partial charge in [0.1, 0.15) is 31.6 Å². The minimum Gasteiger partial charge on any atom is -0.491 e. The van der Waals surface area contributed by atoms with Crippen molar-refractivity contribution in [3.8, 4) is 5.75 Å². The fourth-order valence-corrected chi connectivity index (χ4v) is 3.40. The highest BCUT2D eigenvalue weighted by atomic mass is 16.5. The third-order valence-electron chi connectivity index (χ3n) is 4.84. The van der Waals surface area contributed by atoms with Crippen LogP contribution in [0.25, 0.3) is 0 Å². The first kappa shape index (κ1) is 19.1. The molecule has 0 N–H and O–H groups in total. The van der Waals surface area contributed by atoms with Crippen molar-refractivity contribution in [1.82, 2.24) is 19.7 Å². The number of ether oxygens (including phenoxy) is 2. The molecule has 0 radical (unpaired) electrons. The molecular formula is C22H24N4O3. The Kier molecular flexibility index (Phi) is 6.16. The van der Waals surface area contributed by atoms with Gasteiger partial charge in [0.2, 0.25) is 5.91 Å². The van der Waals surface area contributed by atoms with Gasteiger partial charge in [-0.25, -0.2) is 9.67 Å². The lowest BCUT2D eigenvalue weighted by Gasteiger charge is -2.23. The van der Waals surface area contributed by atoms with Crippen molar-refractivity contribution in [3.05, 3.63) is 77.9 Å². The summed E-state index contributed by atoms with van der Waals surface area (Å²) in [6.07, 6.45) is 3.76. The minimum absolute atomic E-state index is 0.0156. The van der Waals surface area contributed by atoms with Crippen molar-refractivity contribution in [2.45, 2.75) is 19.5 Å². The molecule has 2 bridgehead atoms. The molecule has 0 spiro atoms. The molecule has 3 aromatic rings. The smallest absolute Gasteiger partial charge is 0.244 e. The average Bonchev–Trinajstić information content (AvgIpc) is 3.23. The molecule has 0 atom stereocenters. The molecule has 7 heteroatoms. The van der Waals surface area contributed by atoms with Gasteiger partial charge in [0, 0.05) is 19.5 Å². The van der Waals surface area contributed by atoms with Crippen LogP contribution in [0.15, 0.2) is 61.2 Å². The number of carbonyl (C=O) groups excluding carboxylic acids is 1. The van der Waals surface area contributed by atoms with Crippen LogP contribution in [-0.4, -0.2) is 51.9 Å². The van der Waals surface area contributed by atoms with Gasteiger partial charge in [-0.15, -0.1) is 0 Å². The van der Waals surface area contributed by atoms with Crippen LogP contribution >= 0.6 is 0 Å². The number of carbonyl (C=O) groups is 1. The third-order valence-corrected chi connectivity index (χ3v) is 4.84. The molecule has 29 heavy (non-hydrogen) atoms. The summed E-state index contributed by atoms with van der Waals surface area (Å²) in [4.78, 5) is 18.5. The Bertz CT molecular complexity index is 943. The first-order valence-electron chi connectivity index (χ1n) is 9.74. The van der Waals surface area contributed by atoms with Crippen molar-refractivity contribution in [2.75, 3.05) is 26.4 Å². The van der Waals surface area contributed by atoms with E-state index in [1.54, 1.807) is 11.2 Å². The average molecular weight is 392 g/mol. The van der Waals surface area contributed by atoms with Gasteiger partial charge in [-0.3, -0.25) is 4.79 Å². The van der Waals surface area contributed by atoms with E-state index in [1.165, 1.54) is 16.6 Å². The number of fused-ring (bicyclic) bond motifs is 3. The van der Waals surface area contributed by atoms with Gasteiger partial charge in [-0.05, 0) is 22.8 Å². The number of benzene rings is 2. The normalized spacial score (nSPS) is 15.1. The lowest BCUT2D eigenvalue weighted by molar-refractivity contribution is -0.133. The molecule has 1 aliphatic rings. The van der Waals surface area contributed by atoms with Crippen molar-refractivity contribution in [2.24, 2.45) is 0 Å². The largest absolute Gasteiger partial charge is 0.491 e. The molecule has 0 saturated heterocycles. The topological polar surface area (TPSA) is 69.5 Å². The lowest BCUT2D eigenvalue weighted by atomic mass is 10.0. The third kappa shape index (κ3) is 5.20. The summed E-state index contributed by atoms with van der Waals surface area (Å²) in [5.41, 5.74) is 3.42. The zero-order valence-corrected chi connectivity index (χ0v) is 16.2. The van der Waals surface area contributed by atoms with Gasteiger partial charge in [0.15, 0.2) is 0 Å². The molecule has 1 aliphatic heterocycles. The second kappa shape index (κ2) is 9.34. The van der Waals surface area contributed by atoms with Gasteiger partial charge in [0.25, 0.3) is 0 Å². The van der Waals surface area contributed by atoms with E-state index in [2.05, 4.69) is 28.3 Å². The van der Waals surface area contributed by atoms with E-state index in [0.29, 0.717) is 32.9 Å². The van der Waals surface area contributed by atoms with Crippen molar-refractivity contribution in [3.63, 3.8) is 0 Å². The number of rotatable bonds is 2. The number of nitrogens with zero attached hydrogens (tertiary/aromatic N) is 4. The molecule has 2 aromatic carbocycles. The fraction of sp³-hybridized carbons (Fsp3) is 0.318. The highest BCUT2D eigenvalue weighted by Gasteiger charge is 2.16. The second-order valence-electron chi connectivity index (χ2n) is 6.97. The van der Waals surface area contributed by atoms with Gasteiger partial charge >= 0.3 is 0 Å². The first-order chi connectivity index (χ1) is 14.3. The van der Waals surface area contributed by atoms with Crippen LogP contribution in [0.4, 0.5) is 0 Å². The maximum Gasteiger partial charge on any atom is 0.244 e. The Morgan fingerprint density at radius 1 is 1.03 bits per heavy atom. The SMILES string of the molecule is O=C(Cn1cncn1)N1CCOCCOc2ccccc2Cc2cccc(c2)C1. The van der Waals surface area contributed by atoms with Crippen LogP contribution in [-0.2, 0) is 29.0 Å². The van der Waals surface area contributed by atoms with Crippen molar-refractivity contribution >= 4 is 5.91 Å². The van der Waals surface area contributed by atoms with E-state index in [1.807, 2.05) is 30.3 Å². The van der Waals surface area contributed by atoms with E-state index < -0.39 is 0 Å². The zero-order valence-electron chi connectivity index (χ0n) is 16.2. The van der Waals surface area contributed by atoms with Crippen LogP contribution in [0, 0.1) is 0 Å². The number of hydrogen-bond acceptors (Lipinski definition) is 5.